The Balaban J connectivity index is 1.81. The van der Waals surface area contributed by atoms with E-state index in [4.69, 9.17) is 13.3 Å². The van der Waals surface area contributed by atoms with Crippen molar-refractivity contribution in [1.29, 1.82) is 0 Å². The molecule has 4 aromatic heterocycles. The minimum atomic E-state index is 0.459. The minimum Gasteiger partial charge on any atom is -0.464 e. The summed E-state index contributed by atoms with van der Waals surface area (Å²) in [4.78, 5) is 0. The van der Waals surface area contributed by atoms with Crippen LogP contribution in [-0.4, -0.2) is 10.2 Å². The highest BCUT2D eigenvalue weighted by Gasteiger charge is 2.21. The fraction of sp³-hybridized carbons (Fsp3) is 0. The number of hydrogen-bond acceptors (Lipinski definition) is 5. The first-order valence-corrected chi connectivity index (χ1v) is 7.83. The number of benzene rings is 1. The number of hydrogen-bond donors (Lipinski definition) is 0. The van der Waals surface area contributed by atoms with Gasteiger partial charge in [0.2, 0.25) is 5.71 Å². The van der Waals surface area contributed by atoms with Gasteiger partial charge in [-0.25, -0.2) is 0 Å². The van der Waals surface area contributed by atoms with E-state index in [1.807, 2.05) is 60.7 Å². The van der Waals surface area contributed by atoms with Gasteiger partial charge in [0.1, 0.15) is 17.2 Å². The summed E-state index contributed by atoms with van der Waals surface area (Å²) in [6.45, 7) is 0. The Bertz CT molecular complexity index is 1120. The third-order valence-corrected chi connectivity index (χ3v) is 4.04. The molecule has 5 aromatic rings. The summed E-state index contributed by atoms with van der Waals surface area (Å²) in [5.41, 5.74) is 2.86. The monoisotopic (exact) mass is 328 g/mol. The van der Waals surface area contributed by atoms with Crippen molar-refractivity contribution in [3.63, 3.8) is 0 Å². The highest BCUT2D eigenvalue weighted by Crippen LogP contribution is 2.38. The maximum absolute atomic E-state index is 5.92. The van der Waals surface area contributed by atoms with Crippen LogP contribution in [0.1, 0.15) is 0 Å². The maximum atomic E-state index is 5.92. The van der Waals surface area contributed by atoms with Crippen molar-refractivity contribution in [2.45, 2.75) is 0 Å². The van der Waals surface area contributed by atoms with E-state index in [0.29, 0.717) is 22.9 Å². The van der Waals surface area contributed by atoms with Gasteiger partial charge in [-0.15, -0.1) is 10.2 Å². The predicted octanol–water partition coefficient (Wildman–Crippen LogP) is 5.41. The zero-order valence-corrected chi connectivity index (χ0v) is 13.0. The molecule has 0 bridgehead atoms. The molecule has 0 saturated carbocycles. The Morgan fingerprint density at radius 3 is 2.16 bits per heavy atom. The van der Waals surface area contributed by atoms with Crippen molar-refractivity contribution in [1.82, 2.24) is 10.2 Å². The Morgan fingerprint density at radius 2 is 1.44 bits per heavy atom. The largest absolute Gasteiger partial charge is 0.464 e. The summed E-state index contributed by atoms with van der Waals surface area (Å²) in [6, 6.07) is 19.2. The van der Waals surface area contributed by atoms with Gasteiger partial charge in [-0.1, -0.05) is 30.3 Å². The Morgan fingerprint density at radius 1 is 0.680 bits per heavy atom. The average Bonchev–Trinajstić information content (AvgIpc) is 3.42. The lowest BCUT2D eigenvalue weighted by atomic mass is 10.1. The van der Waals surface area contributed by atoms with Gasteiger partial charge in [0, 0.05) is 5.56 Å². The third-order valence-electron chi connectivity index (χ3n) is 4.04. The summed E-state index contributed by atoms with van der Waals surface area (Å²) in [7, 11) is 0. The van der Waals surface area contributed by atoms with E-state index in [-0.39, 0.29) is 0 Å². The van der Waals surface area contributed by atoms with Gasteiger partial charge < -0.3 is 13.3 Å². The van der Waals surface area contributed by atoms with Crippen LogP contribution < -0.4 is 0 Å². The number of furan rings is 3. The maximum Gasteiger partial charge on any atom is 0.247 e. The molecule has 5 rings (SSSR count). The van der Waals surface area contributed by atoms with Gasteiger partial charge in [0.25, 0.3) is 0 Å². The first-order valence-electron chi connectivity index (χ1n) is 7.83. The Kier molecular flexibility index (Phi) is 3.03. The Hall–Kier alpha value is -3.60. The van der Waals surface area contributed by atoms with Gasteiger partial charge in [0.15, 0.2) is 5.76 Å². The molecule has 0 amide bonds. The second-order valence-electron chi connectivity index (χ2n) is 5.57. The lowest BCUT2D eigenvalue weighted by Gasteiger charge is -2.03. The molecular weight excluding hydrogens is 316 g/mol. The van der Waals surface area contributed by atoms with Gasteiger partial charge in [-0.3, -0.25) is 0 Å². The molecule has 120 valence electrons. The van der Waals surface area contributed by atoms with E-state index in [0.717, 1.165) is 22.3 Å². The van der Waals surface area contributed by atoms with Crippen LogP contribution in [0.25, 0.3) is 45.2 Å². The molecule has 25 heavy (non-hydrogen) atoms. The van der Waals surface area contributed by atoms with Crippen LogP contribution in [0.5, 0.6) is 0 Å². The van der Waals surface area contributed by atoms with Crippen LogP contribution in [0.4, 0.5) is 0 Å². The van der Waals surface area contributed by atoms with Crippen LogP contribution in [0.15, 0.2) is 86.4 Å². The Labute approximate surface area is 142 Å². The molecule has 0 aliphatic heterocycles. The van der Waals surface area contributed by atoms with E-state index in [9.17, 15) is 0 Å². The van der Waals surface area contributed by atoms with Gasteiger partial charge in [-0.2, -0.15) is 0 Å². The topological polar surface area (TPSA) is 65.2 Å². The fourth-order valence-corrected chi connectivity index (χ4v) is 2.91. The lowest BCUT2D eigenvalue weighted by molar-refractivity contribution is 0.571. The molecule has 0 aliphatic rings. The second kappa shape index (κ2) is 5.49. The molecule has 0 fully saturated rings. The van der Waals surface area contributed by atoms with Crippen LogP contribution in [-0.2, 0) is 0 Å². The van der Waals surface area contributed by atoms with E-state index >= 15 is 0 Å². The molecule has 5 nitrogen and oxygen atoms in total. The molecule has 4 heterocycles. The van der Waals surface area contributed by atoms with E-state index < -0.39 is 0 Å². The van der Waals surface area contributed by atoms with Gasteiger partial charge in [-0.05, 0) is 30.3 Å². The van der Waals surface area contributed by atoms with Crippen LogP contribution in [0.3, 0.4) is 0 Å². The van der Waals surface area contributed by atoms with E-state index in [2.05, 4.69) is 10.2 Å². The van der Waals surface area contributed by atoms with Crippen molar-refractivity contribution >= 4 is 11.1 Å². The SMILES string of the molecule is c1ccc(-c2cc3c(-c4ccco4)c(-c4ccco4)nnc3o2)cc1. The second-order valence-corrected chi connectivity index (χ2v) is 5.57. The highest BCUT2D eigenvalue weighted by atomic mass is 16.3. The molecule has 5 heteroatoms. The predicted molar refractivity (Wildman–Crippen MR) is 92.6 cm³/mol. The van der Waals surface area contributed by atoms with Crippen LogP contribution in [0.2, 0.25) is 0 Å². The lowest BCUT2D eigenvalue weighted by Crippen LogP contribution is -1.91. The number of rotatable bonds is 3. The first kappa shape index (κ1) is 13.8. The molecule has 0 N–H and O–H groups in total. The normalized spacial score (nSPS) is 11.2. The molecule has 0 atom stereocenters. The molecule has 0 radical (unpaired) electrons. The van der Waals surface area contributed by atoms with Crippen molar-refractivity contribution in [3.8, 4) is 34.1 Å². The zero-order valence-electron chi connectivity index (χ0n) is 13.0. The molecular formula is C20H12N2O3. The minimum absolute atomic E-state index is 0.459. The van der Waals surface area contributed by atoms with Crippen molar-refractivity contribution in [2.24, 2.45) is 0 Å². The smallest absolute Gasteiger partial charge is 0.247 e. The van der Waals surface area contributed by atoms with Crippen molar-refractivity contribution in [2.75, 3.05) is 0 Å². The average molecular weight is 328 g/mol. The van der Waals surface area contributed by atoms with Crippen molar-refractivity contribution < 1.29 is 13.3 Å². The highest BCUT2D eigenvalue weighted by molar-refractivity contribution is 5.98. The summed E-state index contributed by atoms with van der Waals surface area (Å²) in [5.74, 6) is 2.05. The fourth-order valence-electron chi connectivity index (χ4n) is 2.91. The van der Waals surface area contributed by atoms with Crippen molar-refractivity contribution in [3.05, 3.63) is 73.2 Å². The van der Waals surface area contributed by atoms with E-state index in [1.165, 1.54) is 0 Å². The van der Waals surface area contributed by atoms with Gasteiger partial charge in [0.05, 0.1) is 23.5 Å². The zero-order chi connectivity index (χ0) is 16.6. The van der Waals surface area contributed by atoms with E-state index in [1.54, 1.807) is 12.5 Å². The van der Waals surface area contributed by atoms with Crippen LogP contribution >= 0.6 is 0 Å². The summed E-state index contributed by atoms with van der Waals surface area (Å²) in [6.07, 6.45) is 3.24. The summed E-state index contributed by atoms with van der Waals surface area (Å²) < 4.78 is 17.1. The molecule has 0 aliphatic carbocycles. The molecule has 0 spiro atoms. The van der Waals surface area contributed by atoms with Gasteiger partial charge >= 0.3 is 0 Å². The summed E-state index contributed by atoms with van der Waals surface area (Å²) in [5, 5.41) is 9.38. The van der Waals surface area contributed by atoms with Crippen LogP contribution in [0, 0.1) is 0 Å². The quantitative estimate of drug-likeness (QED) is 0.443. The first-order chi connectivity index (χ1) is 12.4. The number of fused-ring (bicyclic) bond motifs is 1. The molecule has 1 aromatic carbocycles. The number of aromatic nitrogens is 2. The third kappa shape index (κ3) is 2.25. The number of nitrogens with zero attached hydrogens (tertiary/aromatic N) is 2. The molecule has 0 unspecified atom stereocenters. The standard InChI is InChI=1S/C20H12N2O3/c1-2-6-13(7-3-1)17-12-14-18(15-8-4-10-23-15)19(16-9-5-11-24-16)21-22-20(14)25-17/h1-12H. The summed E-state index contributed by atoms with van der Waals surface area (Å²) >= 11 is 0. The molecule has 0 saturated heterocycles.